The van der Waals surface area contributed by atoms with Crippen molar-refractivity contribution in [3.63, 3.8) is 0 Å². The predicted octanol–water partition coefficient (Wildman–Crippen LogP) is 13.8. The third-order valence-corrected chi connectivity index (χ3v) is 12.9. The van der Waals surface area contributed by atoms with Crippen LogP contribution in [0.5, 0.6) is 34.5 Å². The van der Waals surface area contributed by atoms with Crippen LogP contribution in [0.15, 0.2) is 258 Å². The Bertz CT molecular complexity index is 4060. The first-order chi connectivity index (χ1) is 48.3. The van der Waals surface area contributed by atoms with Gasteiger partial charge in [0.2, 0.25) is 6.29 Å². The molecule has 0 aliphatic heterocycles. The molecule has 21 nitrogen and oxygen atoms in total. The fourth-order valence-corrected chi connectivity index (χ4v) is 8.09. The highest BCUT2D eigenvalue weighted by atomic mass is 16.6. The Kier molecular flexibility index (Phi) is 37.2. The fraction of sp³-hybridized carbons (Fsp3) is 0.167. The number of rotatable bonds is 27. The molecule has 0 unspecified atom stereocenters. The number of aliphatic hydroxyl groups excluding tert-OH is 1. The lowest BCUT2D eigenvalue weighted by molar-refractivity contribution is -0.143. The second-order valence-corrected chi connectivity index (χ2v) is 19.8. The van der Waals surface area contributed by atoms with Gasteiger partial charge in [-0.25, -0.2) is 9.59 Å². The number of aldehydes is 1. The van der Waals surface area contributed by atoms with Crippen molar-refractivity contribution in [1.29, 1.82) is 15.8 Å². The molecule has 0 fully saturated rings. The van der Waals surface area contributed by atoms with E-state index in [1.165, 1.54) is 21.3 Å². The zero-order valence-corrected chi connectivity index (χ0v) is 55.3. The zero-order valence-electron chi connectivity index (χ0n) is 55.3. The number of oxime groups is 3. The van der Waals surface area contributed by atoms with Crippen molar-refractivity contribution >= 4 is 40.9 Å². The van der Waals surface area contributed by atoms with Crippen LogP contribution in [0.1, 0.15) is 63.9 Å². The van der Waals surface area contributed by atoms with Crippen molar-refractivity contribution < 1.29 is 73.0 Å². The molecule has 0 aromatic heterocycles. The number of ether oxygens (including phenoxy) is 5. The van der Waals surface area contributed by atoms with Crippen LogP contribution in [-0.2, 0) is 61.6 Å². The Morgan fingerprint density at radius 2 is 0.697 bits per heavy atom. The third-order valence-electron chi connectivity index (χ3n) is 12.9. The molecule has 0 radical (unpaired) electrons. The van der Waals surface area contributed by atoms with E-state index in [4.69, 9.17) is 84.0 Å². The number of allylic oxidation sites excluding steroid dienone is 1. The standard InChI is InChI=1S/C26H22N2O5.C24H22N2O3.C16H17NO3.C8H7NO.C2H2O3.C2H6/c1-31-28-25(21-5-3-2-4-6-21)18-33-23-11-7-19(8-12-23)17-32-24-13-9-20(10-14-24)22(16-27)15-26(29)30;1-27-26-24(21-5-3-2-4-6-21)18-29-23-13-9-20(10-14-23)17-28-22-11-7-19(8-12-22)15-16-25;1-19-17-16(14-5-3-2-4-6-14)12-20-15-9-7-13(11-18)8-10-15;9-6-5-7-1-3-8(10)4-2-7;3-1-2(4)5;1-2/h2-15H,17-18H2,1H3,(H,29,30);2-14H,15,17-18H2,1H3;2-10,18H,11-12H2,1H3;1-4,10H,5H2;1H,(H,4,5);1-2H3/b22-15+,28-25+;26-24+;17-16-;;;. The second-order valence-electron chi connectivity index (χ2n) is 19.8. The zero-order chi connectivity index (χ0) is 71.7. The number of carbonyl (C=O) groups is 3. The molecule has 0 spiro atoms. The van der Waals surface area contributed by atoms with Crippen LogP contribution in [0.3, 0.4) is 0 Å². The number of hydrogen-bond donors (Lipinski definition) is 4. The molecule has 0 amide bonds. The van der Waals surface area contributed by atoms with Gasteiger partial charge in [-0.05, 0) is 118 Å². The first kappa shape index (κ1) is 78.4. The Balaban J connectivity index is 0.000000286. The molecule has 0 heterocycles. The summed E-state index contributed by atoms with van der Waals surface area (Å²) in [7, 11) is 4.54. The van der Waals surface area contributed by atoms with E-state index in [0.29, 0.717) is 62.0 Å². The molecule has 0 saturated carbocycles. The van der Waals surface area contributed by atoms with Gasteiger partial charge in [0.25, 0.3) is 0 Å². The van der Waals surface area contributed by atoms with Crippen molar-refractivity contribution in [1.82, 2.24) is 0 Å². The number of aliphatic hydroxyl groups is 1. The molecule has 0 saturated heterocycles. The summed E-state index contributed by atoms with van der Waals surface area (Å²) >= 11 is 0. The highest BCUT2D eigenvalue weighted by Gasteiger charge is 2.10. The highest BCUT2D eigenvalue weighted by molar-refractivity contribution is 6.19. The summed E-state index contributed by atoms with van der Waals surface area (Å²) < 4.78 is 28.9. The van der Waals surface area contributed by atoms with Crippen LogP contribution in [-0.4, -0.2) is 96.9 Å². The maximum absolute atomic E-state index is 10.8. The van der Waals surface area contributed by atoms with Gasteiger partial charge in [0.05, 0.1) is 37.2 Å². The number of nitriles is 3. The third kappa shape index (κ3) is 31.2. The van der Waals surface area contributed by atoms with Crippen LogP contribution >= 0.6 is 0 Å². The van der Waals surface area contributed by atoms with Crippen molar-refractivity contribution in [2.24, 2.45) is 15.5 Å². The summed E-state index contributed by atoms with van der Waals surface area (Å²) in [5.74, 6) is 1.19. The van der Waals surface area contributed by atoms with Gasteiger partial charge in [0, 0.05) is 22.8 Å². The first-order valence-electron chi connectivity index (χ1n) is 30.5. The molecule has 4 N–H and O–H groups in total. The molecule has 0 aliphatic carbocycles. The van der Waals surface area contributed by atoms with Gasteiger partial charge >= 0.3 is 11.9 Å². The summed E-state index contributed by atoms with van der Waals surface area (Å²) in [5, 5.41) is 72.2. The number of aromatic hydroxyl groups is 1. The number of aliphatic carboxylic acids is 2. The van der Waals surface area contributed by atoms with E-state index in [9.17, 15) is 4.79 Å². The fourth-order valence-electron chi connectivity index (χ4n) is 8.09. The number of carboxylic acids is 2. The van der Waals surface area contributed by atoms with E-state index in [0.717, 1.165) is 79.3 Å². The summed E-state index contributed by atoms with van der Waals surface area (Å²) in [5.41, 5.74) is 10.3. The first-order valence-corrected chi connectivity index (χ1v) is 30.5. The number of carbonyl (C=O) groups excluding carboxylic acids is 1. The number of phenolic OH excluding ortho intramolecular Hbond substituents is 1. The molecule has 0 bridgehead atoms. The molecule has 9 rings (SSSR count). The maximum atomic E-state index is 10.8. The van der Waals surface area contributed by atoms with Gasteiger partial charge in [-0.3, -0.25) is 4.79 Å². The largest absolute Gasteiger partial charge is 0.508 e. The van der Waals surface area contributed by atoms with Crippen molar-refractivity contribution in [3.8, 4) is 52.7 Å². The van der Waals surface area contributed by atoms with Gasteiger partial charge in [-0.1, -0.05) is 181 Å². The van der Waals surface area contributed by atoms with Gasteiger partial charge in [-0.15, -0.1) is 0 Å². The number of benzene rings is 9. The molecule has 0 aliphatic rings. The quantitative estimate of drug-likeness (QED) is 0.00928. The number of hydrogen-bond acceptors (Lipinski definition) is 19. The molecule has 21 heteroatoms. The molecule has 9 aromatic rings. The Morgan fingerprint density at radius 1 is 0.404 bits per heavy atom. The summed E-state index contributed by atoms with van der Waals surface area (Å²) in [6, 6.07) is 78.7. The average molecular weight is 1340 g/mol. The van der Waals surface area contributed by atoms with E-state index in [1.807, 2.05) is 214 Å². The van der Waals surface area contributed by atoms with E-state index >= 15 is 0 Å². The minimum Gasteiger partial charge on any atom is -0.508 e. The van der Waals surface area contributed by atoms with Crippen molar-refractivity contribution in [2.45, 2.75) is 46.5 Å². The minimum atomic E-state index is -1.43. The summed E-state index contributed by atoms with van der Waals surface area (Å²) in [4.78, 5) is 43.4. The summed E-state index contributed by atoms with van der Waals surface area (Å²) in [6.45, 7) is 5.72. The maximum Gasteiger partial charge on any atom is 0.368 e. The predicted molar refractivity (Wildman–Crippen MR) is 376 cm³/mol. The van der Waals surface area contributed by atoms with Gasteiger partial charge < -0.3 is 58.6 Å². The van der Waals surface area contributed by atoms with Crippen LogP contribution < -0.4 is 23.7 Å². The van der Waals surface area contributed by atoms with Gasteiger partial charge in [0.15, 0.2) is 0 Å². The van der Waals surface area contributed by atoms with E-state index in [2.05, 4.69) is 21.5 Å². The molecule has 99 heavy (non-hydrogen) atoms. The average Bonchev–Trinajstić information content (AvgIpc) is 1.32. The molecular formula is C78H76N6O15. The second kappa shape index (κ2) is 46.9. The Morgan fingerprint density at radius 3 is 0.980 bits per heavy atom. The van der Waals surface area contributed by atoms with Crippen LogP contribution in [0.25, 0.3) is 5.57 Å². The Labute approximate surface area is 575 Å². The Hall–Kier alpha value is -13.0. The van der Waals surface area contributed by atoms with Gasteiger partial charge in [0.1, 0.15) is 112 Å². The van der Waals surface area contributed by atoms with Crippen molar-refractivity contribution in [3.05, 3.63) is 293 Å². The normalized spacial score (nSPS) is 10.5. The summed E-state index contributed by atoms with van der Waals surface area (Å²) in [6.07, 6.45) is 1.52. The van der Waals surface area contributed by atoms with Crippen LogP contribution in [0, 0.1) is 34.0 Å². The lowest BCUT2D eigenvalue weighted by Gasteiger charge is -2.10. The number of phenols is 1. The lowest BCUT2D eigenvalue weighted by Crippen LogP contribution is -2.13. The molecule has 508 valence electrons. The SMILES string of the molecule is CC.CO/N=C(/COc1ccc(CO)cc1)c1ccccc1.CO/N=C(\COc1ccc(COc2ccc(/C(C#N)=C/C(=O)O)cc2)cc1)c1ccccc1.CO/N=C(\COc1ccc(COc2ccc(CC#N)cc2)cc1)c1ccccc1.N#CCc1ccc(O)cc1.O=CC(=O)O. The highest BCUT2D eigenvalue weighted by Crippen LogP contribution is 2.22. The van der Waals surface area contributed by atoms with Crippen molar-refractivity contribution in [2.75, 3.05) is 41.2 Å². The number of carboxylic acid groups (broad SMARTS) is 2. The minimum absolute atomic E-state index is 0.0285. The lowest BCUT2D eigenvalue weighted by atomic mass is 10.1. The monoisotopic (exact) mass is 1340 g/mol. The van der Waals surface area contributed by atoms with Gasteiger partial charge in [-0.2, -0.15) is 15.8 Å². The number of nitrogens with zero attached hydrogens (tertiary/aromatic N) is 6. The molecular weight excluding hydrogens is 1260 g/mol. The van der Waals surface area contributed by atoms with E-state index in [-0.39, 0.29) is 30.8 Å². The van der Waals surface area contributed by atoms with E-state index < -0.39 is 11.9 Å². The van der Waals surface area contributed by atoms with Crippen LogP contribution in [0.2, 0.25) is 0 Å². The van der Waals surface area contributed by atoms with E-state index in [1.54, 1.807) is 48.5 Å². The smallest absolute Gasteiger partial charge is 0.368 e. The molecule has 0 atom stereocenters. The molecule has 9 aromatic carbocycles. The topological polar surface area (TPSA) is 314 Å². The van der Waals surface area contributed by atoms with Crippen LogP contribution in [0.4, 0.5) is 0 Å².